The second kappa shape index (κ2) is 9.52. The number of guanidine groups is 1. The zero-order valence-corrected chi connectivity index (χ0v) is 16.5. The minimum absolute atomic E-state index is 0.132. The molecule has 0 unspecified atom stereocenters. The Labute approximate surface area is 149 Å². The molecule has 7 heteroatoms. The predicted molar refractivity (Wildman–Crippen MR) is 102 cm³/mol. The molecule has 0 fully saturated rings. The third kappa shape index (κ3) is 5.70. The molecule has 0 spiro atoms. The van der Waals surface area contributed by atoms with Crippen LogP contribution in [0.3, 0.4) is 0 Å². The molecular weight excluding hydrogens is 326 g/mol. The molecule has 0 aliphatic heterocycles. The summed E-state index contributed by atoms with van der Waals surface area (Å²) in [4.78, 5) is 4.26. The quantitative estimate of drug-likeness (QED) is 0.552. The van der Waals surface area contributed by atoms with Crippen LogP contribution in [0.4, 0.5) is 0 Å². The van der Waals surface area contributed by atoms with E-state index in [9.17, 15) is 0 Å². The van der Waals surface area contributed by atoms with Crippen LogP contribution in [0.2, 0.25) is 0 Å². The van der Waals surface area contributed by atoms with Gasteiger partial charge in [-0.3, -0.25) is 4.99 Å². The maximum absolute atomic E-state index is 5.46. The van der Waals surface area contributed by atoms with Crippen molar-refractivity contribution < 1.29 is 14.2 Å². The van der Waals surface area contributed by atoms with Gasteiger partial charge < -0.3 is 24.8 Å². The number of aliphatic imine (C=N–C) groups is 1. The number of rotatable bonds is 8. The fourth-order valence-corrected chi connectivity index (χ4v) is 2.23. The number of hydrogen-bond acceptors (Lipinski definition) is 5. The Balaban J connectivity index is 2.85. The van der Waals surface area contributed by atoms with Crippen molar-refractivity contribution in [3.63, 3.8) is 0 Å². The summed E-state index contributed by atoms with van der Waals surface area (Å²) in [5.74, 6) is 2.84. The molecule has 0 bridgehead atoms. The van der Waals surface area contributed by atoms with Gasteiger partial charge in [0, 0.05) is 30.5 Å². The third-order valence-electron chi connectivity index (χ3n) is 3.71. The smallest absolute Gasteiger partial charge is 0.191 e. The minimum Gasteiger partial charge on any atom is -0.496 e. The molecule has 0 amide bonds. The van der Waals surface area contributed by atoms with Crippen LogP contribution in [-0.2, 0) is 6.54 Å². The summed E-state index contributed by atoms with van der Waals surface area (Å²) < 4.78 is 16.3. The maximum Gasteiger partial charge on any atom is 0.191 e. The van der Waals surface area contributed by atoms with E-state index in [1.165, 1.54) is 0 Å². The highest BCUT2D eigenvalue weighted by atomic mass is 32.2. The molecule has 24 heavy (non-hydrogen) atoms. The molecule has 1 aromatic carbocycles. The lowest BCUT2D eigenvalue weighted by Gasteiger charge is -2.24. The van der Waals surface area contributed by atoms with E-state index >= 15 is 0 Å². The first-order valence-corrected chi connectivity index (χ1v) is 8.91. The summed E-state index contributed by atoms with van der Waals surface area (Å²) in [6.45, 7) is 5.71. The highest BCUT2D eigenvalue weighted by molar-refractivity contribution is 7.99. The number of nitrogens with one attached hydrogen (secondary N) is 2. The lowest BCUT2D eigenvalue weighted by atomic mass is 10.1. The van der Waals surface area contributed by atoms with Crippen molar-refractivity contribution in [2.45, 2.75) is 25.1 Å². The van der Waals surface area contributed by atoms with Crippen LogP contribution in [0.5, 0.6) is 17.2 Å². The lowest BCUT2D eigenvalue weighted by Crippen LogP contribution is -2.43. The molecular formula is C17H29N3O3S. The van der Waals surface area contributed by atoms with Gasteiger partial charge in [0.25, 0.3) is 0 Å². The molecule has 0 atom stereocenters. The van der Waals surface area contributed by atoms with Crippen LogP contribution in [-0.4, -0.2) is 51.9 Å². The van der Waals surface area contributed by atoms with Crippen molar-refractivity contribution in [1.82, 2.24) is 10.6 Å². The van der Waals surface area contributed by atoms with Gasteiger partial charge in [0.05, 0.1) is 33.4 Å². The SMILES string of the molecule is CN=C(NCc1c(OC)cc(OC)cc1OC)NCC(C)(C)SC. The van der Waals surface area contributed by atoms with Gasteiger partial charge in [-0.05, 0) is 20.1 Å². The molecule has 0 heterocycles. The number of methoxy groups -OCH3 is 3. The van der Waals surface area contributed by atoms with Gasteiger partial charge in [0.1, 0.15) is 17.2 Å². The normalized spacial score (nSPS) is 11.9. The average Bonchev–Trinajstić information content (AvgIpc) is 2.61. The first-order chi connectivity index (χ1) is 11.4. The Morgan fingerprint density at radius 3 is 2.08 bits per heavy atom. The van der Waals surface area contributed by atoms with Crippen molar-refractivity contribution in [2.24, 2.45) is 4.99 Å². The molecule has 2 N–H and O–H groups in total. The van der Waals surface area contributed by atoms with E-state index in [1.54, 1.807) is 28.4 Å². The summed E-state index contributed by atoms with van der Waals surface area (Å²) in [6.07, 6.45) is 2.10. The summed E-state index contributed by atoms with van der Waals surface area (Å²) in [6, 6.07) is 3.68. The molecule has 0 aliphatic carbocycles. The van der Waals surface area contributed by atoms with E-state index in [1.807, 2.05) is 23.9 Å². The minimum atomic E-state index is 0.132. The Morgan fingerprint density at radius 1 is 1.08 bits per heavy atom. The van der Waals surface area contributed by atoms with Crippen LogP contribution in [0.1, 0.15) is 19.4 Å². The molecule has 1 rings (SSSR count). The Morgan fingerprint density at radius 2 is 1.67 bits per heavy atom. The standard InChI is InChI=1S/C17H29N3O3S/c1-17(2,24-7)11-20-16(18-3)19-10-13-14(22-5)8-12(21-4)9-15(13)23-6/h8-9H,10-11H2,1-7H3,(H2,18,19,20). The molecule has 0 aliphatic rings. The second-order valence-electron chi connectivity index (χ2n) is 5.75. The van der Waals surface area contributed by atoms with Gasteiger partial charge in [0.2, 0.25) is 0 Å². The average molecular weight is 356 g/mol. The Kier molecular flexibility index (Phi) is 8.04. The van der Waals surface area contributed by atoms with E-state index in [2.05, 4.69) is 35.7 Å². The molecule has 1 aromatic rings. The molecule has 0 aromatic heterocycles. The largest absolute Gasteiger partial charge is 0.496 e. The fourth-order valence-electron chi connectivity index (χ4n) is 2.01. The zero-order chi connectivity index (χ0) is 18.2. The predicted octanol–water partition coefficient (Wildman–Crippen LogP) is 2.52. The van der Waals surface area contributed by atoms with Crippen LogP contribution < -0.4 is 24.8 Å². The van der Waals surface area contributed by atoms with Crippen molar-refractivity contribution in [1.29, 1.82) is 0 Å². The summed E-state index contributed by atoms with van der Waals surface area (Å²) >= 11 is 1.81. The first kappa shape index (κ1) is 20.3. The monoisotopic (exact) mass is 355 g/mol. The molecule has 6 nitrogen and oxygen atoms in total. The summed E-state index contributed by atoms with van der Waals surface area (Å²) in [5, 5.41) is 6.64. The van der Waals surface area contributed by atoms with Crippen molar-refractivity contribution in [3.8, 4) is 17.2 Å². The third-order valence-corrected chi connectivity index (χ3v) is 4.96. The van der Waals surface area contributed by atoms with E-state index in [-0.39, 0.29) is 4.75 Å². The number of hydrogen-bond donors (Lipinski definition) is 2. The molecule has 136 valence electrons. The van der Waals surface area contributed by atoms with E-state index in [4.69, 9.17) is 14.2 Å². The van der Waals surface area contributed by atoms with E-state index in [0.717, 1.165) is 18.1 Å². The fraction of sp³-hybridized carbons (Fsp3) is 0.588. The zero-order valence-electron chi connectivity index (χ0n) is 15.6. The summed E-state index contributed by atoms with van der Waals surface area (Å²) in [7, 11) is 6.63. The van der Waals surface area contributed by atoms with Crippen LogP contribution >= 0.6 is 11.8 Å². The number of ether oxygens (including phenoxy) is 3. The first-order valence-electron chi connectivity index (χ1n) is 7.69. The molecule has 0 saturated heterocycles. The Bertz CT molecular complexity index is 537. The van der Waals surface area contributed by atoms with Crippen LogP contribution in [0, 0.1) is 0 Å². The van der Waals surface area contributed by atoms with Crippen LogP contribution in [0.25, 0.3) is 0 Å². The van der Waals surface area contributed by atoms with E-state index < -0.39 is 0 Å². The molecule has 0 saturated carbocycles. The highest BCUT2D eigenvalue weighted by Gasteiger charge is 2.17. The number of nitrogens with zero attached hydrogens (tertiary/aromatic N) is 1. The van der Waals surface area contributed by atoms with Crippen molar-refractivity contribution in [3.05, 3.63) is 17.7 Å². The van der Waals surface area contributed by atoms with Gasteiger partial charge in [-0.25, -0.2) is 0 Å². The van der Waals surface area contributed by atoms with Gasteiger partial charge >= 0.3 is 0 Å². The topological polar surface area (TPSA) is 64.1 Å². The highest BCUT2D eigenvalue weighted by Crippen LogP contribution is 2.33. The van der Waals surface area contributed by atoms with Gasteiger partial charge in [-0.1, -0.05) is 0 Å². The van der Waals surface area contributed by atoms with Gasteiger partial charge in [0.15, 0.2) is 5.96 Å². The Hall–Kier alpha value is -1.76. The maximum atomic E-state index is 5.46. The van der Waals surface area contributed by atoms with Crippen molar-refractivity contribution in [2.75, 3.05) is 41.2 Å². The van der Waals surface area contributed by atoms with E-state index in [0.29, 0.717) is 23.8 Å². The molecule has 0 radical (unpaired) electrons. The van der Waals surface area contributed by atoms with Crippen molar-refractivity contribution >= 4 is 17.7 Å². The van der Waals surface area contributed by atoms with Crippen LogP contribution in [0.15, 0.2) is 17.1 Å². The van der Waals surface area contributed by atoms with Gasteiger partial charge in [-0.15, -0.1) is 0 Å². The summed E-state index contributed by atoms with van der Waals surface area (Å²) in [5.41, 5.74) is 0.910. The number of thioether (sulfide) groups is 1. The number of benzene rings is 1. The lowest BCUT2D eigenvalue weighted by molar-refractivity contribution is 0.368. The van der Waals surface area contributed by atoms with Gasteiger partial charge in [-0.2, -0.15) is 11.8 Å². The second-order valence-corrected chi connectivity index (χ2v) is 7.27.